The van der Waals surface area contributed by atoms with Gasteiger partial charge in [-0.1, -0.05) is 24.3 Å². The Hall–Kier alpha value is -1.72. The van der Waals surface area contributed by atoms with Crippen molar-refractivity contribution in [2.75, 3.05) is 13.2 Å². The van der Waals surface area contributed by atoms with Crippen LogP contribution in [0.4, 0.5) is 0 Å². The Bertz CT molecular complexity index is 552. The maximum atomic E-state index is 5.84. The molecule has 0 fully saturated rings. The summed E-state index contributed by atoms with van der Waals surface area (Å²) in [4.78, 5) is 4.19. The molecule has 2 aromatic rings. The summed E-state index contributed by atoms with van der Waals surface area (Å²) in [6.07, 6.45) is 2.85. The first-order chi connectivity index (χ1) is 9.33. The molecule has 1 aliphatic heterocycles. The first-order valence-corrected chi connectivity index (χ1v) is 6.57. The molecule has 0 bridgehead atoms. The molecule has 0 saturated heterocycles. The maximum Gasteiger partial charge on any atom is 0.164 e. The van der Waals surface area contributed by atoms with Gasteiger partial charge in [-0.3, -0.25) is 4.68 Å². The molecule has 3 rings (SSSR count). The van der Waals surface area contributed by atoms with Gasteiger partial charge in [0.1, 0.15) is 6.33 Å². The van der Waals surface area contributed by atoms with Crippen LogP contribution in [-0.2, 0) is 24.8 Å². The van der Waals surface area contributed by atoms with Gasteiger partial charge >= 0.3 is 0 Å². The lowest BCUT2D eigenvalue weighted by molar-refractivity contribution is 0.0422. The van der Waals surface area contributed by atoms with E-state index in [1.807, 2.05) is 7.05 Å². The maximum absolute atomic E-state index is 5.84. The van der Waals surface area contributed by atoms with E-state index < -0.39 is 0 Å². The van der Waals surface area contributed by atoms with Gasteiger partial charge in [0.2, 0.25) is 0 Å². The van der Waals surface area contributed by atoms with Crippen LogP contribution >= 0.6 is 0 Å². The van der Waals surface area contributed by atoms with E-state index in [9.17, 15) is 0 Å². The Labute approximate surface area is 112 Å². The highest BCUT2D eigenvalue weighted by Crippen LogP contribution is 2.26. The molecule has 0 spiro atoms. The van der Waals surface area contributed by atoms with Crippen LogP contribution in [0.25, 0.3) is 0 Å². The minimum atomic E-state index is 0.133. The Morgan fingerprint density at radius 3 is 3.16 bits per heavy atom. The Kier molecular flexibility index (Phi) is 3.57. The quantitative estimate of drug-likeness (QED) is 0.896. The Morgan fingerprint density at radius 2 is 2.32 bits per heavy atom. The fourth-order valence-corrected chi connectivity index (χ4v) is 2.43. The van der Waals surface area contributed by atoms with E-state index in [1.54, 1.807) is 11.0 Å². The topological polar surface area (TPSA) is 52.0 Å². The van der Waals surface area contributed by atoms with Crippen LogP contribution in [0.15, 0.2) is 30.6 Å². The van der Waals surface area contributed by atoms with Crippen LogP contribution in [0.1, 0.15) is 23.1 Å². The predicted molar refractivity (Wildman–Crippen MR) is 71.5 cm³/mol. The zero-order valence-corrected chi connectivity index (χ0v) is 11.0. The molecule has 0 amide bonds. The van der Waals surface area contributed by atoms with Crippen LogP contribution in [0.3, 0.4) is 0 Å². The largest absolute Gasteiger partial charge is 0.372 e. The zero-order chi connectivity index (χ0) is 13.1. The van der Waals surface area contributed by atoms with Crippen LogP contribution < -0.4 is 5.32 Å². The van der Waals surface area contributed by atoms with Gasteiger partial charge in [0.05, 0.1) is 19.3 Å². The van der Waals surface area contributed by atoms with Crippen molar-refractivity contribution in [2.24, 2.45) is 7.05 Å². The van der Waals surface area contributed by atoms with Crippen molar-refractivity contribution < 1.29 is 4.74 Å². The molecular formula is C14H18N4O. The lowest BCUT2D eigenvalue weighted by atomic mass is 9.97. The van der Waals surface area contributed by atoms with Gasteiger partial charge < -0.3 is 10.1 Å². The number of aryl methyl sites for hydroxylation is 1. The van der Waals surface area contributed by atoms with Crippen molar-refractivity contribution in [3.05, 3.63) is 47.5 Å². The smallest absolute Gasteiger partial charge is 0.164 e. The van der Waals surface area contributed by atoms with Gasteiger partial charge in [-0.15, -0.1) is 0 Å². The van der Waals surface area contributed by atoms with E-state index in [2.05, 4.69) is 39.7 Å². The molecule has 2 heterocycles. The van der Waals surface area contributed by atoms with E-state index in [4.69, 9.17) is 4.74 Å². The van der Waals surface area contributed by atoms with Crippen LogP contribution in [0.2, 0.25) is 0 Å². The highest BCUT2D eigenvalue weighted by molar-refractivity contribution is 5.31. The van der Waals surface area contributed by atoms with Crippen molar-refractivity contribution >= 4 is 0 Å². The van der Waals surface area contributed by atoms with Gasteiger partial charge in [0.15, 0.2) is 5.82 Å². The van der Waals surface area contributed by atoms with Crippen LogP contribution in [0.5, 0.6) is 0 Å². The third kappa shape index (κ3) is 2.83. The minimum Gasteiger partial charge on any atom is -0.372 e. The average molecular weight is 258 g/mol. The first kappa shape index (κ1) is 12.3. The summed E-state index contributed by atoms with van der Waals surface area (Å²) >= 11 is 0. The first-order valence-electron chi connectivity index (χ1n) is 6.57. The summed E-state index contributed by atoms with van der Waals surface area (Å²) in [6.45, 7) is 2.25. The highest BCUT2D eigenvalue weighted by atomic mass is 16.5. The van der Waals surface area contributed by atoms with E-state index in [-0.39, 0.29) is 6.10 Å². The summed E-state index contributed by atoms with van der Waals surface area (Å²) < 4.78 is 7.55. The summed E-state index contributed by atoms with van der Waals surface area (Å²) in [7, 11) is 1.87. The number of rotatable bonds is 4. The monoisotopic (exact) mass is 258 g/mol. The molecule has 0 aliphatic carbocycles. The average Bonchev–Trinajstić information content (AvgIpc) is 2.85. The van der Waals surface area contributed by atoms with E-state index in [1.165, 1.54) is 11.1 Å². The number of nitrogens with one attached hydrogen (secondary N) is 1. The Balaban J connectivity index is 1.59. The van der Waals surface area contributed by atoms with E-state index in [0.717, 1.165) is 25.4 Å². The summed E-state index contributed by atoms with van der Waals surface area (Å²) in [5, 5.41) is 7.60. The summed E-state index contributed by atoms with van der Waals surface area (Å²) in [5.41, 5.74) is 2.70. The second-order valence-corrected chi connectivity index (χ2v) is 4.77. The van der Waals surface area contributed by atoms with E-state index >= 15 is 0 Å². The van der Waals surface area contributed by atoms with Crippen molar-refractivity contribution in [1.82, 2.24) is 20.1 Å². The lowest BCUT2D eigenvalue weighted by Crippen LogP contribution is -2.27. The third-order valence-corrected chi connectivity index (χ3v) is 3.35. The van der Waals surface area contributed by atoms with Gasteiger partial charge in [-0.2, -0.15) is 5.10 Å². The number of hydrogen-bond donors (Lipinski definition) is 1. The standard InChI is InChI=1S/C14H18N4O/c1-18-10-16-14(17-18)9-15-8-13-12-5-3-2-4-11(12)6-7-19-13/h2-5,10,13,15H,6-9H2,1H3. The zero-order valence-electron chi connectivity index (χ0n) is 11.0. The van der Waals surface area contributed by atoms with Crippen molar-refractivity contribution in [1.29, 1.82) is 0 Å². The molecular weight excluding hydrogens is 240 g/mol. The molecule has 5 heteroatoms. The third-order valence-electron chi connectivity index (χ3n) is 3.35. The fourth-order valence-electron chi connectivity index (χ4n) is 2.43. The van der Waals surface area contributed by atoms with Gasteiger partial charge in [-0.05, 0) is 17.5 Å². The number of nitrogens with zero attached hydrogens (tertiary/aromatic N) is 3. The molecule has 1 unspecified atom stereocenters. The van der Waals surface area contributed by atoms with E-state index in [0.29, 0.717) is 6.54 Å². The number of ether oxygens (including phenoxy) is 1. The minimum absolute atomic E-state index is 0.133. The highest BCUT2D eigenvalue weighted by Gasteiger charge is 2.19. The summed E-state index contributed by atoms with van der Waals surface area (Å²) in [6, 6.07) is 8.50. The second kappa shape index (κ2) is 5.50. The summed E-state index contributed by atoms with van der Waals surface area (Å²) in [5.74, 6) is 0.812. The molecule has 0 saturated carbocycles. The van der Waals surface area contributed by atoms with Crippen LogP contribution in [-0.4, -0.2) is 27.9 Å². The lowest BCUT2D eigenvalue weighted by Gasteiger charge is -2.26. The Morgan fingerprint density at radius 1 is 1.42 bits per heavy atom. The number of hydrogen-bond acceptors (Lipinski definition) is 4. The van der Waals surface area contributed by atoms with Gasteiger partial charge in [0, 0.05) is 13.6 Å². The molecule has 1 N–H and O–H groups in total. The molecule has 1 aromatic heterocycles. The fraction of sp³-hybridized carbons (Fsp3) is 0.429. The number of benzene rings is 1. The molecule has 100 valence electrons. The molecule has 5 nitrogen and oxygen atoms in total. The SMILES string of the molecule is Cn1cnc(CNCC2OCCc3ccccc32)n1. The van der Waals surface area contributed by atoms with Crippen molar-refractivity contribution in [2.45, 2.75) is 19.1 Å². The molecule has 19 heavy (non-hydrogen) atoms. The van der Waals surface area contributed by atoms with Crippen molar-refractivity contribution in [3.63, 3.8) is 0 Å². The molecule has 1 aromatic carbocycles. The molecule has 1 aliphatic rings. The van der Waals surface area contributed by atoms with Gasteiger partial charge in [-0.25, -0.2) is 4.98 Å². The van der Waals surface area contributed by atoms with Crippen LogP contribution in [0, 0.1) is 0 Å². The molecule has 0 radical (unpaired) electrons. The van der Waals surface area contributed by atoms with Crippen molar-refractivity contribution in [3.8, 4) is 0 Å². The predicted octanol–water partition coefficient (Wildman–Crippen LogP) is 1.22. The number of fused-ring (bicyclic) bond motifs is 1. The second-order valence-electron chi connectivity index (χ2n) is 4.77. The normalized spacial score (nSPS) is 18.3. The molecule has 1 atom stereocenters. The van der Waals surface area contributed by atoms with Gasteiger partial charge in [0.25, 0.3) is 0 Å². The number of aromatic nitrogens is 3.